The molecule has 10 atom stereocenters. The Bertz CT molecular complexity index is 3190. The predicted octanol–water partition coefficient (Wildman–Crippen LogP) is 0.678. The first kappa shape index (κ1) is 68.0. The number of carbonyl (C=O) groups excluding carboxylic acids is 8. The number of benzene rings is 3. The van der Waals surface area contributed by atoms with Crippen molar-refractivity contribution < 1.29 is 68.1 Å². The van der Waals surface area contributed by atoms with Crippen LogP contribution < -0.4 is 54.0 Å². The molecule has 17 N–H and O–H groups in total. The van der Waals surface area contributed by atoms with Gasteiger partial charge in [0, 0.05) is 59.2 Å². The Balaban J connectivity index is 1.49. The van der Waals surface area contributed by atoms with Crippen molar-refractivity contribution in [3.63, 3.8) is 0 Å². The van der Waals surface area contributed by atoms with E-state index in [4.69, 9.17) is 16.6 Å². The molecular weight excluding hydrogens is 1130 g/mol. The molecule has 0 bridgehead atoms. The van der Waals surface area contributed by atoms with E-state index in [1.54, 1.807) is 107 Å². The van der Waals surface area contributed by atoms with E-state index in [1.807, 2.05) is 12.1 Å². The zero-order valence-corrected chi connectivity index (χ0v) is 49.1. The number of thiol groups is 1. The quantitative estimate of drug-likeness (QED) is 0.0196. The molecule has 86 heavy (non-hydrogen) atoms. The number of carboxylic acid groups (broad SMARTS) is 3. The Morgan fingerprint density at radius 1 is 0.500 bits per heavy atom. The van der Waals surface area contributed by atoms with Gasteiger partial charge in [-0.3, -0.25) is 47.9 Å². The molecular formula is C59H78N12O14S. The topological polar surface area (TPSA) is 428 Å². The molecule has 26 nitrogen and oxygen atoms in total. The van der Waals surface area contributed by atoms with Crippen molar-refractivity contribution in [2.45, 2.75) is 140 Å². The summed E-state index contributed by atoms with van der Waals surface area (Å²) in [6.07, 6.45) is 2.13. The number of carboxylic acids is 3. The second kappa shape index (κ2) is 33.0. The molecule has 0 saturated carbocycles. The number of amides is 8. The number of nitrogens with two attached hydrogens (primary N) is 2. The average Bonchev–Trinajstić information content (AvgIpc) is 3.18. The van der Waals surface area contributed by atoms with Crippen molar-refractivity contribution >= 4 is 99.6 Å². The molecule has 0 saturated heterocycles. The number of hydrogen-bond acceptors (Lipinski definition) is 14. The number of rotatable bonds is 35. The van der Waals surface area contributed by atoms with Crippen LogP contribution in [-0.4, -0.2) is 157 Å². The number of aliphatic carboxylic acids is 3. The van der Waals surface area contributed by atoms with Gasteiger partial charge in [-0.2, -0.15) is 12.6 Å². The van der Waals surface area contributed by atoms with Crippen molar-refractivity contribution in [1.29, 1.82) is 0 Å². The van der Waals surface area contributed by atoms with Gasteiger partial charge in [0.25, 0.3) is 0 Å². The minimum atomic E-state index is -1.90. The summed E-state index contributed by atoms with van der Waals surface area (Å²) in [5.74, 6) is -13.3. The fraction of sp³-hybridized carbons (Fsp3) is 0.441. The van der Waals surface area contributed by atoms with E-state index in [0.717, 1.165) is 0 Å². The summed E-state index contributed by atoms with van der Waals surface area (Å²) in [6, 6.07) is 9.24. The molecule has 2 aromatic heterocycles. The lowest BCUT2D eigenvalue weighted by Crippen LogP contribution is -2.61. The fourth-order valence-electron chi connectivity index (χ4n) is 9.49. The highest BCUT2D eigenvalue weighted by atomic mass is 32.1. The number of aromatic nitrogens is 2. The van der Waals surface area contributed by atoms with Gasteiger partial charge in [0.1, 0.15) is 48.3 Å². The van der Waals surface area contributed by atoms with Gasteiger partial charge in [-0.15, -0.1) is 0 Å². The number of aromatic amines is 2. The second-order valence-electron chi connectivity index (χ2n) is 21.4. The monoisotopic (exact) mass is 1210 g/mol. The van der Waals surface area contributed by atoms with Gasteiger partial charge < -0.3 is 79.3 Å². The van der Waals surface area contributed by atoms with Crippen molar-refractivity contribution in [1.82, 2.24) is 52.5 Å². The normalized spacial score (nSPS) is 14.8. The van der Waals surface area contributed by atoms with Gasteiger partial charge in [-0.05, 0) is 66.5 Å². The van der Waals surface area contributed by atoms with Crippen LogP contribution >= 0.6 is 12.6 Å². The van der Waals surface area contributed by atoms with Gasteiger partial charge in [0.05, 0.1) is 18.9 Å². The van der Waals surface area contributed by atoms with E-state index >= 15 is 4.79 Å². The third-order valence-electron chi connectivity index (χ3n) is 14.5. The number of hydrogen-bond donors (Lipinski definition) is 16. The van der Waals surface area contributed by atoms with Crippen LogP contribution in [0.25, 0.3) is 21.8 Å². The minimum Gasteiger partial charge on any atom is -0.481 e. The molecule has 0 radical (unpaired) electrons. The summed E-state index contributed by atoms with van der Waals surface area (Å²) < 4.78 is 0. The second-order valence-corrected chi connectivity index (χ2v) is 21.8. The lowest BCUT2D eigenvalue weighted by atomic mass is 9.97. The molecule has 0 fully saturated rings. The molecule has 3 aromatic carbocycles. The van der Waals surface area contributed by atoms with Gasteiger partial charge in [-0.1, -0.05) is 101 Å². The number of H-pyrrole nitrogens is 2. The Hall–Kier alpha value is -8.82. The van der Waals surface area contributed by atoms with Crippen molar-refractivity contribution in [3.8, 4) is 0 Å². The fourth-order valence-corrected chi connectivity index (χ4v) is 9.75. The van der Waals surface area contributed by atoms with Crippen molar-refractivity contribution in [2.24, 2.45) is 23.3 Å². The van der Waals surface area contributed by atoms with E-state index in [2.05, 4.69) is 65.1 Å². The highest BCUT2D eigenvalue weighted by Gasteiger charge is 2.37. The number of fused-ring (bicyclic) bond motifs is 2. The molecule has 5 rings (SSSR count). The molecule has 0 unspecified atom stereocenters. The molecule has 0 aliphatic rings. The van der Waals surface area contributed by atoms with Crippen LogP contribution in [0, 0.1) is 11.8 Å². The number of nitrogens with one attached hydrogen (secondary N) is 10. The summed E-state index contributed by atoms with van der Waals surface area (Å²) in [4.78, 5) is 156. The molecule has 8 amide bonds. The SMILES string of the molecule is CC[C@H](C)[C@H](NC(=O)[C@@H](N)CC(=O)O)C(=O)N[C@@H](CS)C(=O)N[C@@H](CC(=O)O)C(=O)N[C@@H](Cc1ccccc1)C(=O)N[C@@H](Cc1c[nH]c2ccccc12)C(=O)N[C@@H](Cc1c[nH]c2ccccc12)C(=O)N[C@@H](CCCCN)C(=O)N[C@H](C(=O)O)C(C)C. The highest BCUT2D eigenvalue weighted by molar-refractivity contribution is 7.80. The summed E-state index contributed by atoms with van der Waals surface area (Å²) >= 11 is 4.21. The third-order valence-corrected chi connectivity index (χ3v) is 14.9. The maximum Gasteiger partial charge on any atom is 0.326 e. The molecule has 2 heterocycles. The molecule has 27 heteroatoms. The standard InChI is InChI=1S/C59H78N12O14S/c1-5-32(4)50(71-51(76)38(61)26-47(72)73)58(83)69-46(30-86)57(82)68-45(27-48(74)75)56(81)65-42(23-33-15-7-6-8-16-33)53(78)66-44(25-35-29-63-40-20-12-10-18-37(35)40)55(80)67-43(24-34-28-62-39-19-11-9-17-36(34)39)54(79)64-41(21-13-14-22-60)52(77)70-49(31(2)3)59(84)85/h6-12,15-20,28-29,31-32,38,41-46,49-50,62-63,86H,5,13-14,21-27,30,60-61H2,1-4H3,(H,64,79)(H,65,81)(H,66,78)(H,67,80)(H,68,82)(H,69,83)(H,70,77)(H,71,76)(H,72,73)(H,74,75)(H,84,85)/t32-,38-,41-,42-,43-,44-,45-,46-,49-,50-/m0/s1. The number of carbonyl (C=O) groups is 11. The van der Waals surface area contributed by atoms with Gasteiger partial charge in [-0.25, -0.2) is 4.79 Å². The van der Waals surface area contributed by atoms with Crippen LogP contribution in [0.2, 0.25) is 0 Å². The smallest absolute Gasteiger partial charge is 0.326 e. The number of para-hydroxylation sites is 2. The Morgan fingerprint density at radius 3 is 1.41 bits per heavy atom. The Kier molecular flexibility index (Phi) is 26.1. The van der Waals surface area contributed by atoms with Crippen molar-refractivity contribution in [2.75, 3.05) is 12.3 Å². The Morgan fingerprint density at radius 2 is 0.930 bits per heavy atom. The largest absolute Gasteiger partial charge is 0.481 e. The molecule has 464 valence electrons. The maximum atomic E-state index is 15.1. The average molecular weight is 1210 g/mol. The van der Waals surface area contributed by atoms with E-state index in [9.17, 15) is 58.2 Å². The van der Waals surface area contributed by atoms with Gasteiger partial charge in [0.15, 0.2) is 0 Å². The first-order valence-electron chi connectivity index (χ1n) is 28.2. The zero-order valence-electron chi connectivity index (χ0n) is 48.2. The molecule has 0 aliphatic heterocycles. The van der Waals surface area contributed by atoms with Crippen LogP contribution in [0.1, 0.15) is 82.9 Å². The summed E-state index contributed by atoms with van der Waals surface area (Å²) in [5, 5.41) is 51.1. The summed E-state index contributed by atoms with van der Waals surface area (Å²) in [7, 11) is 0. The Labute approximate surface area is 501 Å². The molecule has 0 aliphatic carbocycles. The third kappa shape index (κ3) is 19.9. The van der Waals surface area contributed by atoms with E-state index in [1.165, 1.54) is 0 Å². The van der Waals surface area contributed by atoms with Crippen LogP contribution in [0.4, 0.5) is 0 Å². The minimum absolute atomic E-state index is 0.0541. The lowest BCUT2D eigenvalue weighted by molar-refractivity contribution is -0.143. The van der Waals surface area contributed by atoms with E-state index < -0.39 is 150 Å². The van der Waals surface area contributed by atoms with Crippen LogP contribution in [0.15, 0.2) is 91.3 Å². The summed E-state index contributed by atoms with van der Waals surface area (Å²) in [5.41, 5.74) is 14.5. The van der Waals surface area contributed by atoms with Crippen LogP contribution in [0.3, 0.4) is 0 Å². The van der Waals surface area contributed by atoms with Gasteiger partial charge in [0.2, 0.25) is 47.3 Å². The van der Waals surface area contributed by atoms with Gasteiger partial charge >= 0.3 is 17.9 Å². The van der Waals surface area contributed by atoms with E-state index in [-0.39, 0.29) is 32.2 Å². The first-order valence-corrected chi connectivity index (χ1v) is 28.9. The summed E-state index contributed by atoms with van der Waals surface area (Å²) in [6.45, 7) is 6.82. The van der Waals surface area contributed by atoms with E-state index in [0.29, 0.717) is 57.8 Å². The van der Waals surface area contributed by atoms with Crippen LogP contribution in [0.5, 0.6) is 0 Å². The lowest BCUT2D eigenvalue weighted by Gasteiger charge is -2.28. The zero-order chi connectivity index (χ0) is 63.2. The van der Waals surface area contributed by atoms with Crippen molar-refractivity contribution in [3.05, 3.63) is 108 Å². The molecule has 0 spiro atoms. The van der Waals surface area contributed by atoms with Crippen LogP contribution in [-0.2, 0) is 72.0 Å². The predicted molar refractivity (Wildman–Crippen MR) is 321 cm³/mol. The maximum absolute atomic E-state index is 15.1. The first-order chi connectivity index (χ1) is 40.9. The highest BCUT2D eigenvalue weighted by Crippen LogP contribution is 2.22. The number of unbranched alkanes of at least 4 members (excludes halogenated alkanes) is 1. The molecule has 5 aromatic rings.